The minimum Gasteiger partial charge on any atom is -0.378 e. The first-order valence-electron chi connectivity index (χ1n) is 7.00. The molecule has 0 amide bonds. The standard InChI is InChI=1S/C18H16BrN3/c1-22(2)16-9-5-14(6-10-16)18-17(11-12-20-21-18)13-3-7-15(19)8-4-13/h3-12H,1-2H3. The maximum atomic E-state index is 4.35. The zero-order valence-electron chi connectivity index (χ0n) is 12.5. The van der Waals surface area contributed by atoms with Gasteiger partial charge in [-0.2, -0.15) is 5.10 Å². The van der Waals surface area contributed by atoms with Crippen LogP contribution in [0, 0.1) is 0 Å². The lowest BCUT2D eigenvalue weighted by atomic mass is 10.00. The summed E-state index contributed by atoms with van der Waals surface area (Å²) >= 11 is 3.47. The summed E-state index contributed by atoms with van der Waals surface area (Å²) in [5, 5.41) is 8.40. The second-order valence-electron chi connectivity index (χ2n) is 5.24. The molecule has 0 saturated heterocycles. The van der Waals surface area contributed by atoms with Gasteiger partial charge in [0.05, 0.1) is 6.20 Å². The van der Waals surface area contributed by atoms with Crippen LogP contribution in [0.2, 0.25) is 0 Å². The third-order valence-electron chi connectivity index (χ3n) is 3.53. The zero-order chi connectivity index (χ0) is 15.5. The number of halogens is 1. The first-order chi connectivity index (χ1) is 10.6. The van der Waals surface area contributed by atoms with Gasteiger partial charge in [0.1, 0.15) is 5.69 Å². The number of anilines is 1. The Bertz CT molecular complexity index is 765. The molecule has 2 aromatic carbocycles. The molecule has 0 saturated carbocycles. The lowest BCUT2D eigenvalue weighted by molar-refractivity contribution is 1.04. The van der Waals surface area contributed by atoms with Crippen LogP contribution < -0.4 is 4.90 Å². The Morgan fingerprint density at radius 2 is 1.45 bits per heavy atom. The molecule has 0 fully saturated rings. The first-order valence-corrected chi connectivity index (χ1v) is 7.80. The third-order valence-corrected chi connectivity index (χ3v) is 4.06. The molecular weight excluding hydrogens is 338 g/mol. The van der Waals surface area contributed by atoms with E-state index in [2.05, 4.69) is 67.4 Å². The smallest absolute Gasteiger partial charge is 0.101 e. The van der Waals surface area contributed by atoms with E-state index >= 15 is 0 Å². The summed E-state index contributed by atoms with van der Waals surface area (Å²) in [6, 6.07) is 18.6. The average Bonchev–Trinajstić information content (AvgIpc) is 2.56. The molecule has 0 N–H and O–H groups in total. The van der Waals surface area contributed by atoms with E-state index in [0.717, 1.165) is 32.5 Å². The number of hydrogen-bond donors (Lipinski definition) is 0. The highest BCUT2D eigenvalue weighted by molar-refractivity contribution is 9.10. The van der Waals surface area contributed by atoms with Gasteiger partial charge in [-0.3, -0.25) is 0 Å². The van der Waals surface area contributed by atoms with Crippen molar-refractivity contribution in [3.63, 3.8) is 0 Å². The van der Waals surface area contributed by atoms with E-state index < -0.39 is 0 Å². The summed E-state index contributed by atoms with van der Waals surface area (Å²) in [6.45, 7) is 0. The Hall–Kier alpha value is -2.20. The van der Waals surface area contributed by atoms with Gasteiger partial charge in [-0.05, 0) is 35.9 Å². The topological polar surface area (TPSA) is 29.0 Å². The summed E-state index contributed by atoms with van der Waals surface area (Å²) in [6.07, 6.45) is 1.73. The van der Waals surface area contributed by atoms with Gasteiger partial charge in [0.2, 0.25) is 0 Å². The molecular formula is C18H16BrN3. The summed E-state index contributed by atoms with van der Waals surface area (Å²) in [7, 11) is 4.06. The van der Waals surface area contributed by atoms with Crippen molar-refractivity contribution in [1.82, 2.24) is 10.2 Å². The van der Waals surface area contributed by atoms with Gasteiger partial charge >= 0.3 is 0 Å². The van der Waals surface area contributed by atoms with Crippen LogP contribution in [0.3, 0.4) is 0 Å². The number of benzene rings is 2. The Balaban J connectivity index is 2.06. The van der Waals surface area contributed by atoms with Crippen molar-refractivity contribution in [2.45, 2.75) is 0 Å². The van der Waals surface area contributed by atoms with E-state index in [1.54, 1.807) is 6.20 Å². The summed E-state index contributed by atoms with van der Waals surface area (Å²) in [4.78, 5) is 2.08. The fourth-order valence-corrected chi connectivity index (χ4v) is 2.59. The normalized spacial score (nSPS) is 10.5. The number of aromatic nitrogens is 2. The molecule has 0 aliphatic rings. The van der Waals surface area contributed by atoms with Crippen LogP contribution >= 0.6 is 15.9 Å². The van der Waals surface area contributed by atoms with Gasteiger partial charge in [-0.1, -0.05) is 40.2 Å². The first kappa shape index (κ1) is 14.7. The summed E-state index contributed by atoms with van der Waals surface area (Å²) in [5.74, 6) is 0. The van der Waals surface area contributed by atoms with Crippen molar-refractivity contribution in [3.05, 3.63) is 65.3 Å². The zero-order valence-corrected chi connectivity index (χ0v) is 14.1. The van der Waals surface area contributed by atoms with Crippen LogP contribution in [0.1, 0.15) is 0 Å². The van der Waals surface area contributed by atoms with Gasteiger partial charge < -0.3 is 4.90 Å². The maximum Gasteiger partial charge on any atom is 0.101 e. The molecule has 0 atom stereocenters. The van der Waals surface area contributed by atoms with Crippen molar-refractivity contribution < 1.29 is 0 Å². The summed E-state index contributed by atoms with van der Waals surface area (Å²) < 4.78 is 1.06. The van der Waals surface area contributed by atoms with Gasteiger partial charge in [0.25, 0.3) is 0 Å². The number of nitrogens with zero attached hydrogens (tertiary/aromatic N) is 3. The molecule has 0 unspecified atom stereocenters. The lowest BCUT2D eigenvalue weighted by Crippen LogP contribution is -2.08. The Kier molecular flexibility index (Phi) is 4.20. The molecule has 0 aliphatic carbocycles. The summed E-state index contributed by atoms with van der Waals surface area (Å²) in [5.41, 5.74) is 5.34. The van der Waals surface area contributed by atoms with Crippen molar-refractivity contribution >= 4 is 21.6 Å². The molecule has 110 valence electrons. The Labute approximate surface area is 138 Å². The van der Waals surface area contributed by atoms with E-state index in [1.807, 2.05) is 32.3 Å². The molecule has 3 rings (SSSR count). The fraction of sp³-hybridized carbons (Fsp3) is 0.111. The van der Waals surface area contributed by atoms with Gasteiger partial charge in [-0.25, -0.2) is 0 Å². The van der Waals surface area contributed by atoms with Crippen molar-refractivity contribution in [2.24, 2.45) is 0 Å². The second kappa shape index (κ2) is 6.28. The molecule has 1 aromatic heterocycles. The van der Waals surface area contributed by atoms with E-state index in [1.165, 1.54) is 0 Å². The van der Waals surface area contributed by atoms with Crippen LogP contribution in [-0.2, 0) is 0 Å². The molecule has 0 radical (unpaired) electrons. The second-order valence-corrected chi connectivity index (χ2v) is 6.16. The largest absolute Gasteiger partial charge is 0.378 e. The predicted molar refractivity (Wildman–Crippen MR) is 94.9 cm³/mol. The van der Waals surface area contributed by atoms with E-state index in [4.69, 9.17) is 0 Å². The van der Waals surface area contributed by atoms with Crippen molar-refractivity contribution in [2.75, 3.05) is 19.0 Å². The molecule has 1 heterocycles. The van der Waals surface area contributed by atoms with Gasteiger partial charge in [0.15, 0.2) is 0 Å². The highest BCUT2D eigenvalue weighted by Crippen LogP contribution is 2.31. The number of rotatable bonds is 3. The van der Waals surface area contributed by atoms with Crippen LogP contribution in [0.15, 0.2) is 65.3 Å². The number of hydrogen-bond acceptors (Lipinski definition) is 3. The Morgan fingerprint density at radius 1 is 0.818 bits per heavy atom. The lowest BCUT2D eigenvalue weighted by Gasteiger charge is -2.13. The monoisotopic (exact) mass is 353 g/mol. The highest BCUT2D eigenvalue weighted by Gasteiger charge is 2.09. The van der Waals surface area contributed by atoms with Crippen LogP contribution in [0.5, 0.6) is 0 Å². The molecule has 22 heavy (non-hydrogen) atoms. The van der Waals surface area contributed by atoms with Gasteiger partial charge in [-0.15, -0.1) is 5.10 Å². The van der Waals surface area contributed by atoms with Gasteiger partial charge in [0, 0.05) is 35.4 Å². The minimum absolute atomic E-state index is 0.898. The molecule has 0 spiro atoms. The van der Waals surface area contributed by atoms with Crippen molar-refractivity contribution in [1.29, 1.82) is 0 Å². The van der Waals surface area contributed by atoms with E-state index in [9.17, 15) is 0 Å². The quantitative estimate of drug-likeness (QED) is 0.686. The van der Waals surface area contributed by atoms with E-state index in [-0.39, 0.29) is 0 Å². The molecule has 3 nitrogen and oxygen atoms in total. The minimum atomic E-state index is 0.898. The van der Waals surface area contributed by atoms with Crippen LogP contribution in [0.25, 0.3) is 22.4 Å². The SMILES string of the molecule is CN(C)c1ccc(-c2nnccc2-c2ccc(Br)cc2)cc1. The molecule has 0 aliphatic heterocycles. The van der Waals surface area contributed by atoms with E-state index in [0.29, 0.717) is 0 Å². The highest BCUT2D eigenvalue weighted by atomic mass is 79.9. The van der Waals surface area contributed by atoms with Crippen molar-refractivity contribution in [3.8, 4) is 22.4 Å². The fourth-order valence-electron chi connectivity index (χ4n) is 2.32. The van der Waals surface area contributed by atoms with Crippen LogP contribution in [0.4, 0.5) is 5.69 Å². The Morgan fingerprint density at radius 3 is 2.09 bits per heavy atom. The molecule has 0 bridgehead atoms. The molecule has 4 heteroatoms. The molecule has 3 aromatic rings. The average molecular weight is 354 g/mol. The van der Waals surface area contributed by atoms with Crippen LogP contribution in [-0.4, -0.2) is 24.3 Å². The predicted octanol–water partition coefficient (Wildman–Crippen LogP) is 4.64. The maximum absolute atomic E-state index is 4.35. The third kappa shape index (κ3) is 3.02.